The van der Waals surface area contributed by atoms with E-state index in [1.165, 1.54) is 154 Å². The summed E-state index contributed by atoms with van der Waals surface area (Å²) in [4.78, 5) is 0. The minimum atomic E-state index is 1.04. The molecule has 0 saturated heterocycles. The summed E-state index contributed by atoms with van der Waals surface area (Å²) < 4.78 is 0. The summed E-state index contributed by atoms with van der Waals surface area (Å²) in [5, 5.41) is 0. The zero-order chi connectivity index (χ0) is 20.5. The fourth-order valence-electron chi connectivity index (χ4n) is 4.60. The van der Waals surface area contributed by atoms with Crippen LogP contribution in [0, 0.1) is 5.92 Å². The molecular weight excluding hydrogens is 336 g/mol. The van der Waals surface area contributed by atoms with E-state index in [0.29, 0.717) is 0 Å². The van der Waals surface area contributed by atoms with Gasteiger partial charge in [0.15, 0.2) is 0 Å². The van der Waals surface area contributed by atoms with Crippen LogP contribution >= 0.6 is 0 Å². The van der Waals surface area contributed by atoms with Crippen molar-refractivity contribution in [2.24, 2.45) is 5.92 Å². The van der Waals surface area contributed by atoms with Crippen molar-refractivity contribution in [3.63, 3.8) is 0 Å². The first-order valence-corrected chi connectivity index (χ1v) is 13.8. The molecule has 0 spiro atoms. The Morgan fingerprint density at radius 2 is 0.500 bits per heavy atom. The Hall–Kier alpha value is 0. The first-order chi connectivity index (χ1) is 13.8. The fraction of sp³-hybridized carbons (Fsp3) is 1.00. The monoisotopic (exact) mass is 394 g/mol. The van der Waals surface area contributed by atoms with Gasteiger partial charge < -0.3 is 0 Å². The Labute approximate surface area is 181 Å². The summed E-state index contributed by atoms with van der Waals surface area (Å²) in [6.45, 7) is 6.96. The van der Waals surface area contributed by atoms with Crippen LogP contribution in [0.4, 0.5) is 0 Å². The lowest BCUT2D eigenvalue weighted by Gasteiger charge is -2.17. The smallest absolute Gasteiger partial charge is 0.0414 e. The molecule has 0 heteroatoms. The molecule has 0 bridgehead atoms. The maximum atomic E-state index is 2.33. The predicted octanol–water partition coefficient (Wildman–Crippen LogP) is 11.0. The molecule has 0 aromatic carbocycles. The van der Waals surface area contributed by atoms with E-state index in [1.54, 1.807) is 0 Å². The van der Waals surface area contributed by atoms with Gasteiger partial charge in [-0.15, -0.1) is 0 Å². The summed E-state index contributed by atoms with van der Waals surface area (Å²) in [6.07, 6.45) is 35.3. The molecule has 28 heavy (non-hydrogen) atoms. The lowest BCUT2D eigenvalue weighted by Crippen LogP contribution is -2.01. The average molecular weight is 395 g/mol. The Bertz CT molecular complexity index is 257. The molecule has 0 heterocycles. The van der Waals surface area contributed by atoms with E-state index in [-0.39, 0.29) is 0 Å². The molecule has 0 nitrogen and oxygen atoms in total. The summed E-state index contributed by atoms with van der Waals surface area (Å²) >= 11 is 0. The zero-order valence-corrected chi connectivity index (χ0v) is 20.5. The van der Waals surface area contributed by atoms with Crippen LogP contribution in [0.5, 0.6) is 0 Å². The highest BCUT2D eigenvalue weighted by atomic mass is 14.1. The molecule has 0 saturated carbocycles. The number of hydrogen-bond acceptors (Lipinski definition) is 0. The van der Waals surface area contributed by atoms with Gasteiger partial charge in [0.25, 0.3) is 0 Å². The average Bonchev–Trinajstić information content (AvgIpc) is 2.71. The van der Waals surface area contributed by atoms with Gasteiger partial charge in [-0.1, -0.05) is 175 Å². The van der Waals surface area contributed by atoms with Crippen molar-refractivity contribution in [2.45, 2.75) is 175 Å². The van der Waals surface area contributed by atoms with E-state index in [0.717, 1.165) is 5.92 Å². The first kappa shape index (κ1) is 28.0. The molecule has 0 aromatic heterocycles. The molecule has 0 rings (SSSR count). The van der Waals surface area contributed by atoms with E-state index in [9.17, 15) is 0 Å². The molecular formula is C28H58. The van der Waals surface area contributed by atoms with Gasteiger partial charge in [-0.25, -0.2) is 0 Å². The number of unbranched alkanes of at least 4 members (excludes halogenated alkanes) is 18. The molecule has 0 amide bonds. The highest BCUT2D eigenvalue weighted by molar-refractivity contribution is 4.62. The lowest BCUT2D eigenvalue weighted by molar-refractivity contribution is 0.365. The van der Waals surface area contributed by atoms with Crippen molar-refractivity contribution in [2.75, 3.05) is 0 Å². The van der Waals surface area contributed by atoms with Gasteiger partial charge in [0.1, 0.15) is 0 Å². The molecule has 1 atom stereocenters. The molecule has 0 radical (unpaired) electrons. The topological polar surface area (TPSA) is 0 Å². The van der Waals surface area contributed by atoms with Gasteiger partial charge in [-0.2, -0.15) is 0 Å². The largest absolute Gasteiger partial charge is 0.0654 e. The lowest BCUT2D eigenvalue weighted by atomic mass is 9.89. The quantitative estimate of drug-likeness (QED) is 0.143. The summed E-state index contributed by atoms with van der Waals surface area (Å²) in [7, 11) is 0. The molecule has 0 aliphatic rings. The zero-order valence-electron chi connectivity index (χ0n) is 20.5. The van der Waals surface area contributed by atoms with Crippen LogP contribution in [0.1, 0.15) is 175 Å². The summed E-state index contributed by atoms with van der Waals surface area (Å²) in [5.74, 6) is 1.04. The minimum absolute atomic E-state index is 1.04. The standard InChI is InChI=1S/C28H58/c1-4-7-10-13-15-16-18-21-24-27-28(25-22-19-12-9-6-3)26-23-20-17-14-11-8-5-2/h28H,4-27H2,1-3H3/t28-/m0/s1. The molecule has 0 fully saturated rings. The number of rotatable bonds is 24. The Balaban J connectivity index is 3.74. The second-order valence-electron chi connectivity index (χ2n) is 9.60. The van der Waals surface area contributed by atoms with Crippen molar-refractivity contribution < 1.29 is 0 Å². The summed E-state index contributed by atoms with van der Waals surface area (Å²) in [5.41, 5.74) is 0. The van der Waals surface area contributed by atoms with Crippen LogP contribution < -0.4 is 0 Å². The van der Waals surface area contributed by atoms with Crippen molar-refractivity contribution in [3.8, 4) is 0 Å². The maximum Gasteiger partial charge on any atom is -0.0414 e. The SMILES string of the molecule is CCCCCCCCCCC[C@@H](CCCCCCC)CCCCCCCCC. The fourth-order valence-corrected chi connectivity index (χ4v) is 4.60. The normalized spacial score (nSPS) is 12.5. The Kier molecular flexibility index (Phi) is 25.0. The van der Waals surface area contributed by atoms with E-state index in [1.807, 2.05) is 0 Å². The van der Waals surface area contributed by atoms with Gasteiger partial charge in [0, 0.05) is 0 Å². The molecule has 0 aliphatic carbocycles. The van der Waals surface area contributed by atoms with Crippen molar-refractivity contribution in [1.29, 1.82) is 0 Å². The Morgan fingerprint density at radius 1 is 0.286 bits per heavy atom. The van der Waals surface area contributed by atoms with Crippen LogP contribution in [0.2, 0.25) is 0 Å². The molecule has 170 valence electrons. The minimum Gasteiger partial charge on any atom is -0.0654 e. The van der Waals surface area contributed by atoms with Crippen LogP contribution in [0.25, 0.3) is 0 Å². The van der Waals surface area contributed by atoms with Gasteiger partial charge >= 0.3 is 0 Å². The number of hydrogen-bond donors (Lipinski definition) is 0. The Morgan fingerprint density at radius 3 is 0.750 bits per heavy atom. The maximum absolute atomic E-state index is 2.33. The van der Waals surface area contributed by atoms with Crippen molar-refractivity contribution in [3.05, 3.63) is 0 Å². The molecule has 0 aliphatic heterocycles. The second kappa shape index (κ2) is 25.0. The third kappa shape index (κ3) is 22.3. The van der Waals surface area contributed by atoms with Gasteiger partial charge in [0.2, 0.25) is 0 Å². The van der Waals surface area contributed by atoms with Gasteiger partial charge in [-0.05, 0) is 5.92 Å². The third-order valence-electron chi connectivity index (χ3n) is 6.65. The van der Waals surface area contributed by atoms with E-state index in [2.05, 4.69) is 20.8 Å². The van der Waals surface area contributed by atoms with E-state index >= 15 is 0 Å². The predicted molar refractivity (Wildman–Crippen MR) is 131 cm³/mol. The van der Waals surface area contributed by atoms with E-state index in [4.69, 9.17) is 0 Å². The second-order valence-corrected chi connectivity index (χ2v) is 9.60. The third-order valence-corrected chi connectivity index (χ3v) is 6.65. The highest BCUT2D eigenvalue weighted by Crippen LogP contribution is 2.24. The van der Waals surface area contributed by atoms with Crippen LogP contribution in [-0.2, 0) is 0 Å². The van der Waals surface area contributed by atoms with E-state index < -0.39 is 0 Å². The molecule has 0 unspecified atom stereocenters. The van der Waals surface area contributed by atoms with Gasteiger partial charge in [0.05, 0.1) is 0 Å². The van der Waals surface area contributed by atoms with Crippen LogP contribution in [-0.4, -0.2) is 0 Å². The molecule has 0 aromatic rings. The molecule has 0 N–H and O–H groups in total. The van der Waals surface area contributed by atoms with Crippen LogP contribution in [0.3, 0.4) is 0 Å². The van der Waals surface area contributed by atoms with Crippen molar-refractivity contribution in [1.82, 2.24) is 0 Å². The van der Waals surface area contributed by atoms with Crippen LogP contribution in [0.15, 0.2) is 0 Å². The summed E-state index contributed by atoms with van der Waals surface area (Å²) in [6, 6.07) is 0. The van der Waals surface area contributed by atoms with Gasteiger partial charge in [-0.3, -0.25) is 0 Å². The first-order valence-electron chi connectivity index (χ1n) is 13.8. The highest BCUT2D eigenvalue weighted by Gasteiger charge is 2.08. The van der Waals surface area contributed by atoms with Crippen molar-refractivity contribution >= 4 is 0 Å².